The molecule has 128 valence electrons. The Balaban J connectivity index is 2.47. The van der Waals surface area contributed by atoms with Crippen LogP contribution in [0.4, 0.5) is 8.78 Å². The molecule has 0 saturated carbocycles. The third kappa shape index (κ3) is 3.69. The summed E-state index contributed by atoms with van der Waals surface area (Å²) in [4.78, 5) is 12.0. The molecule has 0 bridgehead atoms. The number of ether oxygens (including phenoxy) is 2. The fourth-order valence-electron chi connectivity index (χ4n) is 2.68. The zero-order valence-corrected chi connectivity index (χ0v) is 13.5. The van der Waals surface area contributed by atoms with Crippen LogP contribution in [-0.2, 0) is 19.3 Å². The van der Waals surface area contributed by atoms with Crippen molar-refractivity contribution in [3.63, 3.8) is 0 Å². The van der Waals surface area contributed by atoms with E-state index in [4.69, 9.17) is 9.47 Å². The molecule has 1 aliphatic heterocycles. The van der Waals surface area contributed by atoms with Gasteiger partial charge in [0.25, 0.3) is 0 Å². The van der Waals surface area contributed by atoms with Gasteiger partial charge in [0, 0.05) is 5.56 Å². The van der Waals surface area contributed by atoms with Crippen LogP contribution in [0.5, 0.6) is 0 Å². The third-order valence-corrected chi connectivity index (χ3v) is 5.51. The van der Waals surface area contributed by atoms with E-state index in [1.54, 1.807) is 6.92 Å². The Bertz CT molecular complexity index is 687. The number of rotatable bonds is 6. The van der Waals surface area contributed by atoms with Gasteiger partial charge in [0.15, 0.2) is 9.84 Å². The fraction of sp³-hybridized carbons (Fsp3) is 0.533. The molecule has 1 unspecified atom stereocenters. The van der Waals surface area contributed by atoms with Crippen LogP contribution in [0.15, 0.2) is 17.0 Å². The van der Waals surface area contributed by atoms with Crippen LogP contribution >= 0.6 is 0 Å². The molecule has 1 aromatic carbocycles. The summed E-state index contributed by atoms with van der Waals surface area (Å²) in [5.74, 6) is -0.822. The van der Waals surface area contributed by atoms with Gasteiger partial charge >= 0.3 is 5.97 Å². The van der Waals surface area contributed by atoms with Gasteiger partial charge in [-0.2, -0.15) is 0 Å². The van der Waals surface area contributed by atoms with Crippen molar-refractivity contribution >= 4 is 15.8 Å². The van der Waals surface area contributed by atoms with E-state index in [9.17, 15) is 22.0 Å². The molecule has 0 amide bonds. The van der Waals surface area contributed by atoms with E-state index in [2.05, 4.69) is 0 Å². The molecule has 1 heterocycles. The van der Waals surface area contributed by atoms with Crippen LogP contribution in [0.2, 0.25) is 0 Å². The molecular formula is C15H18F2O5S. The quantitative estimate of drug-likeness (QED) is 0.738. The Kier molecular flexibility index (Phi) is 5.69. The van der Waals surface area contributed by atoms with Crippen LogP contribution in [0, 0.1) is 6.92 Å². The van der Waals surface area contributed by atoms with E-state index in [0.717, 1.165) is 0 Å². The minimum Gasteiger partial charge on any atom is -0.459 e. The van der Waals surface area contributed by atoms with E-state index in [1.165, 1.54) is 12.1 Å². The normalized spacial score (nSPS) is 19.2. The molecule has 0 spiro atoms. The van der Waals surface area contributed by atoms with Gasteiger partial charge < -0.3 is 9.47 Å². The Labute approximate surface area is 133 Å². The van der Waals surface area contributed by atoms with Gasteiger partial charge in [-0.25, -0.2) is 22.0 Å². The average molecular weight is 348 g/mol. The number of esters is 1. The first-order valence-corrected chi connectivity index (χ1v) is 8.84. The fourth-order valence-corrected chi connectivity index (χ4v) is 4.31. The van der Waals surface area contributed by atoms with Gasteiger partial charge in [0.05, 0.1) is 28.9 Å². The van der Waals surface area contributed by atoms with Crippen molar-refractivity contribution in [3.8, 4) is 0 Å². The topological polar surface area (TPSA) is 69.7 Å². The van der Waals surface area contributed by atoms with Crippen LogP contribution in [0.3, 0.4) is 0 Å². The monoisotopic (exact) mass is 348 g/mol. The number of benzene rings is 1. The first-order chi connectivity index (χ1) is 10.9. The molecule has 0 fully saturated rings. The van der Waals surface area contributed by atoms with Crippen molar-refractivity contribution in [2.45, 2.75) is 24.3 Å². The molecule has 0 aliphatic carbocycles. The maximum Gasteiger partial charge on any atom is 0.338 e. The predicted octanol–water partition coefficient (Wildman–Crippen LogP) is 2.33. The van der Waals surface area contributed by atoms with Gasteiger partial charge in [-0.15, -0.1) is 0 Å². The first-order valence-electron chi connectivity index (χ1n) is 7.19. The maximum atomic E-state index is 12.4. The Morgan fingerprint density at radius 3 is 2.61 bits per heavy atom. The number of hydrogen-bond donors (Lipinski definition) is 0. The van der Waals surface area contributed by atoms with Crippen LogP contribution in [0.25, 0.3) is 0 Å². The number of halogens is 2. The second kappa shape index (κ2) is 7.35. The summed E-state index contributed by atoms with van der Waals surface area (Å²) >= 11 is 0. The summed E-state index contributed by atoms with van der Waals surface area (Å²) in [7, 11) is -3.47. The smallest absolute Gasteiger partial charge is 0.338 e. The minimum absolute atomic E-state index is 0.0900. The molecule has 5 nitrogen and oxygen atoms in total. The van der Waals surface area contributed by atoms with Crippen molar-refractivity contribution in [2.24, 2.45) is 0 Å². The highest BCUT2D eigenvalue weighted by Gasteiger charge is 2.34. The lowest BCUT2D eigenvalue weighted by atomic mass is 9.96. The maximum absolute atomic E-state index is 12.4. The average Bonchev–Trinajstić information content (AvgIpc) is 2.52. The SMILES string of the molecule is Cc1c(C(=O)OCCF)ccc2c1C(OCCF)CCS2(=O)=O. The Morgan fingerprint density at radius 1 is 1.26 bits per heavy atom. The molecule has 0 saturated heterocycles. The van der Waals surface area contributed by atoms with E-state index in [-0.39, 0.29) is 35.8 Å². The number of fused-ring (bicyclic) bond motifs is 1. The van der Waals surface area contributed by atoms with Crippen molar-refractivity contribution in [1.29, 1.82) is 0 Å². The first kappa shape index (κ1) is 17.8. The predicted molar refractivity (Wildman–Crippen MR) is 78.8 cm³/mol. The molecule has 2 rings (SSSR count). The lowest BCUT2D eigenvalue weighted by Crippen LogP contribution is -2.25. The zero-order chi connectivity index (χ0) is 17.0. The van der Waals surface area contributed by atoms with Crippen molar-refractivity contribution in [3.05, 3.63) is 28.8 Å². The summed E-state index contributed by atoms with van der Waals surface area (Å²) in [5, 5.41) is 0. The van der Waals surface area contributed by atoms with E-state index in [0.29, 0.717) is 11.1 Å². The van der Waals surface area contributed by atoms with E-state index < -0.39 is 35.3 Å². The molecule has 0 aromatic heterocycles. The summed E-state index contributed by atoms with van der Waals surface area (Å²) in [6, 6.07) is 2.68. The summed E-state index contributed by atoms with van der Waals surface area (Å²) in [5.41, 5.74) is 0.918. The molecule has 0 N–H and O–H groups in total. The molecule has 23 heavy (non-hydrogen) atoms. The van der Waals surface area contributed by atoms with Crippen LogP contribution in [0.1, 0.15) is 34.0 Å². The number of sulfone groups is 1. The second-order valence-corrected chi connectivity index (χ2v) is 7.21. The minimum atomic E-state index is -3.47. The van der Waals surface area contributed by atoms with Gasteiger partial charge in [0.2, 0.25) is 0 Å². The highest BCUT2D eigenvalue weighted by molar-refractivity contribution is 7.91. The molecule has 8 heteroatoms. The van der Waals surface area contributed by atoms with Gasteiger partial charge in [-0.3, -0.25) is 0 Å². The lowest BCUT2D eigenvalue weighted by molar-refractivity contribution is 0.0375. The summed E-state index contributed by atoms with van der Waals surface area (Å²) < 4.78 is 59.1. The van der Waals surface area contributed by atoms with E-state index in [1.807, 2.05) is 0 Å². The van der Waals surface area contributed by atoms with Crippen molar-refractivity contribution in [2.75, 3.05) is 32.3 Å². The number of carbonyl (C=O) groups excluding carboxylic acids is 1. The third-order valence-electron chi connectivity index (χ3n) is 3.71. The zero-order valence-electron chi connectivity index (χ0n) is 12.7. The Morgan fingerprint density at radius 2 is 1.96 bits per heavy atom. The molecule has 1 aliphatic rings. The molecular weight excluding hydrogens is 330 g/mol. The van der Waals surface area contributed by atoms with E-state index >= 15 is 0 Å². The lowest BCUT2D eigenvalue weighted by Gasteiger charge is -2.28. The van der Waals surface area contributed by atoms with Gasteiger partial charge in [-0.05, 0) is 31.0 Å². The van der Waals surface area contributed by atoms with Gasteiger partial charge in [-0.1, -0.05) is 0 Å². The number of alkyl halides is 2. The van der Waals surface area contributed by atoms with Gasteiger partial charge in [0.1, 0.15) is 20.0 Å². The highest BCUT2D eigenvalue weighted by atomic mass is 32.2. The largest absolute Gasteiger partial charge is 0.459 e. The van der Waals surface area contributed by atoms with Crippen molar-refractivity contribution in [1.82, 2.24) is 0 Å². The Hall–Kier alpha value is -1.54. The number of hydrogen-bond acceptors (Lipinski definition) is 5. The van der Waals surface area contributed by atoms with Crippen LogP contribution in [-0.4, -0.2) is 46.7 Å². The molecule has 1 atom stereocenters. The molecule has 1 aromatic rings. The second-order valence-electron chi connectivity index (χ2n) is 5.13. The van der Waals surface area contributed by atoms with Crippen LogP contribution < -0.4 is 0 Å². The molecule has 0 radical (unpaired) electrons. The standard InChI is InChI=1S/C15H18F2O5S/c1-10-11(15(18)22-8-6-17)2-3-13-14(10)12(21-7-5-16)4-9-23(13,19)20/h2-3,12H,4-9H2,1H3. The number of carbonyl (C=O) groups is 1. The summed E-state index contributed by atoms with van der Waals surface area (Å²) in [6.45, 7) is -0.421. The highest BCUT2D eigenvalue weighted by Crippen LogP contribution is 2.38. The summed E-state index contributed by atoms with van der Waals surface area (Å²) in [6.07, 6.45) is -0.405. The van der Waals surface area contributed by atoms with Crippen molar-refractivity contribution < 1.29 is 31.5 Å².